The Balaban J connectivity index is 0.901. The molecule has 0 bridgehead atoms. The number of hydrogen-bond donors (Lipinski definition) is 0. The quantitative estimate of drug-likeness (QED) is 0.105. The summed E-state index contributed by atoms with van der Waals surface area (Å²) in [6, 6.07) is 82.2. The number of rotatable bonds is 9. The van der Waals surface area contributed by atoms with E-state index < -0.39 is 0 Å². The molecule has 78 heavy (non-hydrogen) atoms. The van der Waals surface area contributed by atoms with Crippen molar-refractivity contribution in [3.8, 4) is 101 Å². The molecule has 8 heteroatoms. The second-order valence-corrected chi connectivity index (χ2v) is 19.1. The van der Waals surface area contributed by atoms with Crippen LogP contribution in [0, 0.1) is 6.57 Å². The van der Waals surface area contributed by atoms with E-state index in [9.17, 15) is 0 Å². The number of fused-ring (bicyclic) bond motifs is 6. The van der Waals surface area contributed by atoms with Crippen molar-refractivity contribution in [1.82, 2.24) is 34.9 Å². The zero-order chi connectivity index (χ0) is 51.9. The highest BCUT2D eigenvalue weighted by Crippen LogP contribution is 2.46. The van der Waals surface area contributed by atoms with E-state index in [1.165, 1.54) is 0 Å². The fraction of sp³-hybridized carbons (Fsp3) is 0. The largest absolute Gasteiger partial charge is 0.257 e. The first-order valence-corrected chi connectivity index (χ1v) is 25.7. The predicted octanol–water partition coefficient (Wildman–Crippen LogP) is 17.6. The Labute approximate surface area is 449 Å². The van der Waals surface area contributed by atoms with Gasteiger partial charge in [-0.25, -0.2) is 24.8 Å². The number of benzene rings is 8. The van der Waals surface area contributed by atoms with Crippen molar-refractivity contribution in [2.24, 2.45) is 0 Å². The van der Waals surface area contributed by atoms with Crippen molar-refractivity contribution >= 4 is 49.3 Å². The molecule has 8 nitrogen and oxygen atoms in total. The van der Waals surface area contributed by atoms with Crippen LogP contribution in [0.15, 0.2) is 255 Å². The summed E-state index contributed by atoms with van der Waals surface area (Å²) in [5.41, 5.74) is 18.2. The van der Waals surface area contributed by atoms with Gasteiger partial charge in [0.25, 0.3) is 0 Å². The Hall–Kier alpha value is -10.9. The lowest BCUT2D eigenvalue weighted by molar-refractivity contribution is 1.20. The smallest absolute Gasteiger partial charge is 0.222 e. The van der Waals surface area contributed by atoms with E-state index in [4.69, 9.17) is 41.5 Å². The Kier molecular flexibility index (Phi) is 11.4. The van der Waals surface area contributed by atoms with Crippen LogP contribution in [0.2, 0.25) is 0 Å². The Morgan fingerprint density at radius 3 is 1.17 bits per heavy atom. The van der Waals surface area contributed by atoms with Crippen LogP contribution in [0.25, 0.3) is 150 Å². The number of pyridine rings is 5. The van der Waals surface area contributed by atoms with Gasteiger partial charge in [0.15, 0.2) is 5.82 Å². The molecule has 0 N–H and O–H groups in total. The van der Waals surface area contributed by atoms with Crippen LogP contribution in [-0.2, 0) is 0 Å². The van der Waals surface area contributed by atoms with Gasteiger partial charge in [0.1, 0.15) is 11.2 Å². The van der Waals surface area contributed by atoms with Gasteiger partial charge in [-0.2, -0.15) is 0 Å². The maximum Gasteiger partial charge on any atom is 0.222 e. The third-order valence-corrected chi connectivity index (χ3v) is 14.4. The van der Waals surface area contributed by atoms with Gasteiger partial charge in [0.05, 0.1) is 51.6 Å². The SMILES string of the molecule is [C-]#[N+]c1c(-c2ccccc2)nc2c(ccc3c(-c4ccccc4)cc(-c4ccccc4)nc32)c1-c1ccc(-c2ccc(-c3nc(-c4ccccc4)nc4c3ccc3c(-c5ccccc5)cc(-c5ccccc5)nc34)nc2)cn1. The minimum atomic E-state index is 0.421. The summed E-state index contributed by atoms with van der Waals surface area (Å²) >= 11 is 0. The van der Waals surface area contributed by atoms with Crippen molar-refractivity contribution in [3.05, 3.63) is 266 Å². The third kappa shape index (κ3) is 8.16. The third-order valence-electron chi connectivity index (χ3n) is 14.4. The van der Waals surface area contributed by atoms with Crippen LogP contribution in [0.1, 0.15) is 0 Å². The van der Waals surface area contributed by atoms with Crippen LogP contribution in [-0.4, -0.2) is 34.9 Å². The van der Waals surface area contributed by atoms with Gasteiger partial charge in [-0.15, -0.1) is 0 Å². The van der Waals surface area contributed by atoms with Crippen LogP contribution in [0.4, 0.5) is 5.69 Å². The molecule has 6 aromatic heterocycles. The summed E-state index contributed by atoms with van der Waals surface area (Å²) in [6.45, 7) is 8.69. The molecule has 0 amide bonds. The maximum absolute atomic E-state index is 8.69. The average Bonchev–Trinajstić information content (AvgIpc) is 3.72. The molecule has 362 valence electrons. The fourth-order valence-corrected chi connectivity index (χ4v) is 10.6. The van der Waals surface area contributed by atoms with E-state index >= 15 is 0 Å². The normalized spacial score (nSPS) is 11.3. The van der Waals surface area contributed by atoms with Gasteiger partial charge >= 0.3 is 0 Å². The van der Waals surface area contributed by atoms with Crippen molar-refractivity contribution in [1.29, 1.82) is 0 Å². The molecule has 0 aliphatic heterocycles. The topological polar surface area (TPSA) is 94.6 Å². The van der Waals surface area contributed by atoms with E-state index in [0.717, 1.165) is 105 Å². The molecule has 0 saturated carbocycles. The van der Waals surface area contributed by atoms with Gasteiger partial charge in [-0.3, -0.25) is 15.0 Å². The Bertz CT molecular complexity index is 4610. The monoisotopic (exact) mass is 994 g/mol. The Morgan fingerprint density at radius 2 is 0.692 bits per heavy atom. The molecule has 0 spiro atoms. The van der Waals surface area contributed by atoms with Crippen molar-refractivity contribution < 1.29 is 0 Å². The van der Waals surface area contributed by atoms with E-state index in [1.54, 1.807) is 0 Å². The molecule has 0 aliphatic rings. The molecular formula is C70H42N8. The molecule has 14 aromatic rings. The average molecular weight is 995 g/mol. The van der Waals surface area contributed by atoms with E-state index in [2.05, 4.69) is 120 Å². The summed E-state index contributed by atoms with van der Waals surface area (Å²) in [5.74, 6) is 0.583. The van der Waals surface area contributed by atoms with E-state index in [1.807, 2.05) is 140 Å². The van der Waals surface area contributed by atoms with Crippen LogP contribution < -0.4 is 0 Å². The van der Waals surface area contributed by atoms with Crippen molar-refractivity contribution in [3.63, 3.8) is 0 Å². The first-order chi connectivity index (χ1) is 38.6. The highest BCUT2D eigenvalue weighted by molar-refractivity contribution is 6.16. The van der Waals surface area contributed by atoms with Crippen LogP contribution >= 0.6 is 0 Å². The molecule has 0 unspecified atom stereocenters. The highest BCUT2D eigenvalue weighted by Gasteiger charge is 2.24. The minimum Gasteiger partial charge on any atom is -0.257 e. The molecule has 8 aromatic carbocycles. The molecule has 14 rings (SSSR count). The van der Waals surface area contributed by atoms with Gasteiger partial charge in [-0.05, 0) is 58.1 Å². The molecular weight excluding hydrogens is 953 g/mol. The highest BCUT2D eigenvalue weighted by atomic mass is 14.9. The lowest BCUT2D eigenvalue weighted by Gasteiger charge is -2.17. The second kappa shape index (κ2) is 19.4. The Morgan fingerprint density at radius 1 is 0.282 bits per heavy atom. The number of hydrogen-bond acceptors (Lipinski definition) is 7. The summed E-state index contributed by atoms with van der Waals surface area (Å²) in [5, 5.41) is 3.59. The van der Waals surface area contributed by atoms with E-state index in [-0.39, 0.29) is 0 Å². The molecule has 0 atom stereocenters. The molecule has 6 heterocycles. The minimum absolute atomic E-state index is 0.421. The lowest BCUT2D eigenvalue weighted by atomic mass is 9.94. The zero-order valence-corrected chi connectivity index (χ0v) is 41.8. The summed E-state index contributed by atoms with van der Waals surface area (Å²) in [6.07, 6.45) is 3.73. The number of aromatic nitrogens is 7. The first-order valence-electron chi connectivity index (χ1n) is 25.7. The van der Waals surface area contributed by atoms with Crippen LogP contribution in [0.5, 0.6) is 0 Å². The van der Waals surface area contributed by atoms with E-state index in [0.29, 0.717) is 45.4 Å². The van der Waals surface area contributed by atoms with Gasteiger partial charge in [-0.1, -0.05) is 212 Å². The lowest BCUT2D eigenvalue weighted by Crippen LogP contribution is -1.99. The predicted molar refractivity (Wildman–Crippen MR) is 316 cm³/mol. The van der Waals surface area contributed by atoms with Crippen molar-refractivity contribution in [2.75, 3.05) is 0 Å². The molecule has 0 saturated heterocycles. The van der Waals surface area contributed by atoms with Gasteiger partial charge < -0.3 is 0 Å². The number of nitrogens with zero attached hydrogens (tertiary/aromatic N) is 8. The standard InChI is InChI=1S/C70H42N8/c1-71-69-62(54-36-34-52-56(44-20-8-2-9-21-44)40-60(46-24-12-4-13-25-46)74-65(52)67(54)76-63(69)48-28-16-6-17-29-48)58-38-32-50(42-72-58)51-33-39-59(73-43-51)64-55-37-35-53-57(45-22-10-3-11-23-45)41-61(47-26-14-5-15-27-47)75-66(53)68(55)78-70(77-64)49-30-18-7-19-31-49/h2-43H. The van der Waals surface area contributed by atoms with Gasteiger partial charge in [0.2, 0.25) is 5.69 Å². The second-order valence-electron chi connectivity index (χ2n) is 19.1. The molecule has 0 fully saturated rings. The molecule has 0 radical (unpaired) electrons. The fourth-order valence-electron chi connectivity index (χ4n) is 10.6. The van der Waals surface area contributed by atoms with Crippen molar-refractivity contribution in [2.45, 2.75) is 0 Å². The maximum atomic E-state index is 8.69. The van der Waals surface area contributed by atoms with Gasteiger partial charge in [0, 0.05) is 67.3 Å². The zero-order valence-electron chi connectivity index (χ0n) is 41.8. The van der Waals surface area contributed by atoms with Crippen LogP contribution in [0.3, 0.4) is 0 Å². The summed E-state index contributed by atoms with van der Waals surface area (Å²) in [4.78, 5) is 41.1. The summed E-state index contributed by atoms with van der Waals surface area (Å²) < 4.78 is 0. The molecule has 0 aliphatic carbocycles. The summed E-state index contributed by atoms with van der Waals surface area (Å²) in [7, 11) is 0. The first kappa shape index (κ1) is 45.7.